The Hall–Kier alpha value is -0.950. The van der Waals surface area contributed by atoms with Gasteiger partial charge in [-0.25, -0.2) is 4.79 Å². The first-order valence-corrected chi connectivity index (χ1v) is 5.33. The Morgan fingerprint density at radius 1 is 1.62 bits per heavy atom. The molecule has 0 aliphatic rings. The average Bonchev–Trinajstić information content (AvgIpc) is 2.50. The van der Waals surface area contributed by atoms with Crippen LogP contribution in [0.1, 0.15) is 9.67 Å². The summed E-state index contributed by atoms with van der Waals surface area (Å²) in [6.45, 7) is 0. The molecule has 7 heteroatoms. The zero-order valence-electron chi connectivity index (χ0n) is 6.48. The number of hydrogen-bond acceptors (Lipinski definition) is 5. The highest BCUT2D eigenvalue weighted by molar-refractivity contribution is 7.86. The van der Waals surface area contributed by atoms with Gasteiger partial charge in [-0.05, 0) is 6.07 Å². The highest BCUT2D eigenvalue weighted by Crippen LogP contribution is 2.21. The predicted octanol–water partition coefficient (Wildman–Crippen LogP) is 1.19. The van der Waals surface area contributed by atoms with Crippen LogP contribution >= 0.6 is 11.3 Å². The summed E-state index contributed by atoms with van der Waals surface area (Å²) in [5.74, 6) is -0.681. The van der Waals surface area contributed by atoms with Crippen molar-refractivity contribution in [3.05, 3.63) is 16.3 Å². The van der Waals surface area contributed by atoms with E-state index in [1.807, 2.05) is 0 Å². The molecule has 13 heavy (non-hydrogen) atoms. The maximum atomic E-state index is 12.3. The maximum absolute atomic E-state index is 12.3. The van der Waals surface area contributed by atoms with Crippen LogP contribution in [0, 0.1) is 0 Å². The molecule has 0 aromatic carbocycles. The third kappa shape index (κ3) is 2.25. The van der Waals surface area contributed by atoms with Gasteiger partial charge in [0.2, 0.25) is 0 Å². The van der Waals surface area contributed by atoms with E-state index in [0.717, 1.165) is 29.9 Å². The van der Waals surface area contributed by atoms with Crippen molar-refractivity contribution in [1.82, 2.24) is 0 Å². The van der Waals surface area contributed by atoms with E-state index in [4.69, 9.17) is 0 Å². The van der Waals surface area contributed by atoms with E-state index in [-0.39, 0.29) is 4.88 Å². The summed E-state index contributed by atoms with van der Waals surface area (Å²) in [6.07, 6.45) is 0. The molecule has 0 amide bonds. The minimum Gasteiger partial charge on any atom is -0.465 e. The second-order valence-electron chi connectivity index (χ2n) is 2.08. The summed E-state index contributed by atoms with van der Waals surface area (Å²) in [6, 6.07) is 0.936. The monoisotopic (exact) mass is 224 g/mol. The van der Waals surface area contributed by atoms with Crippen molar-refractivity contribution in [1.29, 1.82) is 0 Å². The molecule has 1 aromatic rings. The lowest BCUT2D eigenvalue weighted by Crippen LogP contribution is -1.97. The molecule has 0 aliphatic heterocycles. The molecule has 0 radical (unpaired) electrons. The van der Waals surface area contributed by atoms with Gasteiger partial charge in [0.15, 0.2) is 0 Å². The van der Waals surface area contributed by atoms with Crippen LogP contribution in [0.5, 0.6) is 0 Å². The fourth-order valence-corrected chi connectivity index (χ4v) is 2.28. The molecule has 0 bridgehead atoms. The summed E-state index contributed by atoms with van der Waals surface area (Å²) in [5, 5.41) is 1.04. The van der Waals surface area contributed by atoms with E-state index in [1.165, 1.54) is 0 Å². The smallest absolute Gasteiger partial charge is 0.348 e. The van der Waals surface area contributed by atoms with Crippen molar-refractivity contribution >= 4 is 27.5 Å². The first-order chi connectivity index (χ1) is 5.95. The summed E-state index contributed by atoms with van der Waals surface area (Å²) < 4.78 is 37.3. The van der Waals surface area contributed by atoms with E-state index in [0.29, 0.717) is 0 Å². The van der Waals surface area contributed by atoms with Crippen molar-refractivity contribution in [3.63, 3.8) is 0 Å². The molecule has 0 fully saturated rings. The number of hydrogen-bond donors (Lipinski definition) is 0. The Kier molecular flexibility index (Phi) is 2.67. The van der Waals surface area contributed by atoms with Gasteiger partial charge in [-0.2, -0.15) is 8.42 Å². The van der Waals surface area contributed by atoms with Gasteiger partial charge in [-0.1, -0.05) is 0 Å². The largest absolute Gasteiger partial charge is 0.465 e. The fourth-order valence-electron chi connectivity index (χ4n) is 0.654. The van der Waals surface area contributed by atoms with Crippen molar-refractivity contribution in [3.8, 4) is 0 Å². The van der Waals surface area contributed by atoms with Gasteiger partial charge in [0.1, 0.15) is 9.77 Å². The first-order valence-electron chi connectivity index (χ1n) is 3.06. The molecule has 0 aliphatic carbocycles. The predicted molar refractivity (Wildman–Crippen MR) is 44.0 cm³/mol. The third-order valence-corrected chi connectivity index (χ3v) is 3.10. The molecule has 0 atom stereocenters. The van der Waals surface area contributed by atoms with E-state index < -0.39 is 21.1 Å². The van der Waals surface area contributed by atoms with E-state index in [1.54, 1.807) is 0 Å². The number of esters is 1. The van der Waals surface area contributed by atoms with Gasteiger partial charge in [0.05, 0.1) is 7.11 Å². The van der Waals surface area contributed by atoms with Gasteiger partial charge < -0.3 is 4.74 Å². The summed E-state index contributed by atoms with van der Waals surface area (Å²) >= 11 is 0.815. The quantitative estimate of drug-likeness (QED) is 0.559. The van der Waals surface area contributed by atoms with Gasteiger partial charge >= 0.3 is 16.2 Å². The first kappa shape index (κ1) is 10.1. The molecule has 0 spiro atoms. The van der Waals surface area contributed by atoms with Crippen molar-refractivity contribution in [2.45, 2.75) is 4.90 Å². The number of thiophene rings is 1. The summed E-state index contributed by atoms with van der Waals surface area (Å²) in [7, 11) is -3.56. The van der Waals surface area contributed by atoms with E-state index >= 15 is 0 Å². The molecule has 0 N–H and O–H groups in total. The Morgan fingerprint density at radius 2 is 2.23 bits per heavy atom. The Labute approximate surface area is 78.2 Å². The topological polar surface area (TPSA) is 60.4 Å². The van der Waals surface area contributed by atoms with Gasteiger partial charge in [-0.3, -0.25) is 0 Å². The third-order valence-electron chi connectivity index (χ3n) is 1.24. The lowest BCUT2D eigenvalue weighted by Gasteiger charge is -1.91. The highest BCUT2D eigenvalue weighted by atomic mass is 32.3. The molecule has 0 unspecified atom stereocenters. The van der Waals surface area contributed by atoms with Crippen LogP contribution in [0.4, 0.5) is 3.89 Å². The van der Waals surface area contributed by atoms with Crippen LogP contribution in [0.15, 0.2) is 16.3 Å². The van der Waals surface area contributed by atoms with Crippen LogP contribution in [0.2, 0.25) is 0 Å². The van der Waals surface area contributed by atoms with Gasteiger partial charge in [-0.15, -0.1) is 15.2 Å². The van der Waals surface area contributed by atoms with Gasteiger partial charge in [0, 0.05) is 5.38 Å². The Morgan fingerprint density at radius 3 is 2.62 bits per heavy atom. The van der Waals surface area contributed by atoms with E-state index in [2.05, 4.69) is 4.74 Å². The molecule has 4 nitrogen and oxygen atoms in total. The van der Waals surface area contributed by atoms with Crippen LogP contribution < -0.4 is 0 Å². The van der Waals surface area contributed by atoms with Crippen molar-refractivity contribution in [2.75, 3.05) is 7.11 Å². The lowest BCUT2D eigenvalue weighted by atomic mass is 10.5. The SMILES string of the molecule is COC(=O)c1cc(S(=O)(=O)F)cs1. The zero-order chi connectivity index (χ0) is 10.1. The van der Waals surface area contributed by atoms with Crippen molar-refractivity contribution in [2.24, 2.45) is 0 Å². The molecule has 72 valence electrons. The Bertz CT molecular complexity index is 420. The minimum absolute atomic E-state index is 0.0544. The van der Waals surface area contributed by atoms with Crippen LogP contribution in [-0.2, 0) is 15.0 Å². The minimum atomic E-state index is -4.72. The number of ether oxygens (including phenoxy) is 1. The van der Waals surface area contributed by atoms with Gasteiger partial charge in [0.25, 0.3) is 0 Å². The molecular weight excluding hydrogens is 219 g/mol. The summed E-state index contributed by atoms with van der Waals surface area (Å²) in [5.41, 5.74) is 0. The number of halogens is 1. The van der Waals surface area contributed by atoms with Crippen LogP contribution in [0.3, 0.4) is 0 Å². The zero-order valence-corrected chi connectivity index (χ0v) is 8.12. The summed E-state index contributed by atoms with van der Waals surface area (Å²) in [4.78, 5) is 10.4. The molecule has 1 rings (SSSR count). The number of rotatable bonds is 2. The van der Waals surface area contributed by atoms with Crippen molar-refractivity contribution < 1.29 is 21.8 Å². The molecule has 1 heterocycles. The maximum Gasteiger partial charge on any atom is 0.348 e. The Balaban J connectivity index is 3.07. The second-order valence-corrected chi connectivity index (χ2v) is 4.33. The molecular formula is C6H5FO4S2. The normalized spacial score (nSPS) is 11.2. The van der Waals surface area contributed by atoms with Crippen LogP contribution in [-0.4, -0.2) is 21.5 Å². The standard InChI is InChI=1S/C6H5FO4S2/c1-11-6(8)5-2-4(3-12-5)13(7,9)10/h2-3H,1H3. The fraction of sp³-hybridized carbons (Fsp3) is 0.167. The molecule has 0 saturated carbocycles. The number of carbonyl (C=O) groups excluding carboxylic acids is 1. The van der Waals surface area contributed by atoms with Crippen LogP contribution in [0.25, 0.3) is 0 Å². The van der Waals surface area contributed by atoms with E-state index in [9.17, 15) is 17.1 Å². The average molecular weight is 224 g/mol. The number of methoxy groups -OCH3 is 1. The number of carbonyl (C=O) groups is 1. The molecule has 0 saturated heterocycles. The highest BCUT2D eigenvalue weighted by Gasteiger charge is 2.17. The second kappa shape index (κ2) is 3.43. The molecule has 1 aromatic heterocycles. The lowest BCUT2D eigenvalue weighted by molar-refractivity contribution is 0.0606.